The number of aliphatic carboxylic acids is 1. The standard InChI is InChI=1S/C11H12O3/c12-10-5-4-7-2-1-3-8(7)9(10)6-11(13)14/h4-5,12H,1-3,6H2,(H,13,14). The highest BCUT2D eigenvalue weighted by atomic mass is 16.4. The first-order valence-corrected chi connectivity index (χ1v) is 4.73. The van der Waals surface area contributed by atoms with Gasteiger partial charge in [0, 0.05) is 5.56 Å². The Kier molecular flexibility index (Phi) is 2.15. The summed E-state index contributed by atoms with van der Waals surface area (Å²) >= 11 is 0. The van der Waals surface area contributed by atoms with Gasteiger partial charge in [0.05, 0.1) is 6.42 Å². The summed E-state index contributed by atoms with van der Waals surface area (Å²) in [7, 11) is 0. The summed E-state index contributed by atoms with van der Waals surface area (Å²) < 4.78 is 0. The fourth-order valence-corrected chi connectivity index (χ4v) is 2.08. The van der Waals surface area contributed by atoms with Crippen molar-refractivity contribution >= 4 is 5.97 Å². The second-order valence-corrected chi connectivity index (χ2v) is 3.62. The molecule has 1 aromatic carbocycles. The van der Waals surface area contributed by atoms with Gasteiger partial charge in [-0.05, 0) is 36.5 Å². The lowest BCUT2D eigenvalue weighted by Gasteiger charge is -2.08. The zero-order valence-electron chi connectivity index (χ0n) is 7.79. The van der Waals surface area contributed by atoms with Gasteiger partial charge in [-0.3, -0.25) is 4.79 Å². The number of carboxylic acid groups (broad SMARTS) is 1. The molecule has 2 N–H and O–H groups in total. The summed E-state index contributed by atoms with van der Waals surface area (Å²) in [5.41, 5.74) is 2.85. The van der Waals surface area contributed by atoms with Gasteiger partial charge in [0.2, 0.25) is 0 Å². The zero-order valence-corrected chi connectivity index (χ0v) is 7.79. The van der Waals surface area contributed by atoms with Crippen LogP contribution in [-0.2, 0) is 24.1 Å². The number of fused-ring (bicyclic) bond motifs is 1. The highest BCUT2D eigenvalue weighted by molar-refractivity contribution is 5.72. The van der Waals surface area contributed by atoms with E-state index in [1.165, 1.54) is 5.56 Å². The van der Waals surface area contributed by atoms with E-state index >= 15 is 0 Å². The van der Waals surface area contributed by atoms with E-state index in [2.05, 4.69) is 0 Å². The molecule has 2 rings (SSSR count). The predicted octanol–water partition coefficient (Wildman–Crippen LogP) is 1.51. The normalized spacial score (nSPS) is 14.0. The van der Waals surface area contributed by atoms with Crippen LogP contribution >= 0.6 is 0 Å². The number of benzene rings is 1. The van der Waals surface area contributed by atoms with E-state index in [0.717, 1.165) is 24.8 Å². The molecule has 0 unspecified atom stereocenters. The van der Waals surface area contributed by atoms with Crippen molar-refractivity contribution in [1.82, 2.24) is 0 Å². The van der Waals surface area contributed by atoms with E-state index in [1.807, 2.05) is 6.07 Å². The van der Waals surface area contributed by atoms with Gasteiger partial charge >= 0.3 is 5.97 Å². The fourth-order valence-electron chi connectivity index (χ4n) is 2.08. The number of carboxylic acids is 1. The van der Waals surface area contributed by atoms with Crippen molar-refractivity contribution in [2.75, 3.05) is 0 Å². The average Bonchev–Trinajstić information content (AvgIpc) is 2.57. The molecule has 74 valence electrons. The summed E-state index contributed by atoms with van der Waals surface area (Å²) in [5, 5.41) is 18.3. The molecule has 0 aliphatic heterocycles. The smallest absolute Gasteiger partial charge is 0.307 e. The third-order valence-electron chi connectivity index (χ3n) is 2.70. The van der Waals surface area contributed by atoms with Crippen LogP contribution in [0.15, 0.2) is 12.1 Å². The molecule has 1 aliphatic carbocycles. The Balaban J connectivity index is 2.46. The maximum absolute atomic E-state index is 10.6. The van der Waals surface area contributed by atoms with Gasteiger partial charge in [-0.1, -0.05) is 6.07 Å². The lowest BCUT2D eigenvalue weighted by Crippen LogP contribution is -2.03. The van der Waals surface area contributed by atoms with Gasteiger partial charge in [0.15, 0.2) is 0 Å². The second-order valence-electron chi connectivity index (χ2n) is 3.62. The predicted molar refractivity (Wildman–Crippen MR) is 51.5 cm³/mol. The van der Waals surface area contributed by atoms with Gasteiger partial charge in [0.1, 0.15) is 5.75 Å². The maximum atomic E-state index is 10.6. The number of carbonyl (C=O) groups is 1. The number of phenols is 1. The van der Waals surface area contributed by atoms with E-state index in [0.29, 0.717) is 5.56 Å². The van der Waals surface area contributed by atoms with Crippen molar-refractivity contribution in [2.24, 2.45) is 0 Å². The summed E-state index contributed by atoms with van der Waals surface area (Å²) in [6.07, 6.45) is 2.88. The first kappa shape index (κ1) is 9.06. The second kappa shape index (κ2) is 3.33. The summed E-state index contributed by atoms with van der Waals surface area (Å²) in [6.45, 7) is 0. The number of aromatic hydroxyl groups is 1. The topological polar surface area (TPSA) is 57.5 Å². The maximum Gasteiger partial charge on any atom is 0.307 e. The lowest BCUT2D eigenvalue weighted by atomic mass is 10.00. The van der Waals surface area contributed by atoms with Crippen molar-refractivity contribution in [3.8, 4) is 5.75 Å². The fraction of sp³-hybridized carbons (Fsp3) is 0.364. The Bertz CT molecular complexity index is 382. The molecule has 1 aliphatic rings. The van der Waals surface area contributed by atoms with Gasteiger partial charge in [-0.25, -0.2) is 0 Å². The molecular weight excluding hydrogens is 180 g/mol. The molecule has 0 heterocycles. The van der Waals surface area contributed by atoms with Crippen LogP contribution in [0.4, 0.5) is 0 Å². The average molecular weight is 192 g/mol. The number of rotatable bonds is 2. The monoisotopic (exact) mass is 192 g/mol. The highest BCUT2D eigenvalue weighted by Gasteiger charge is 2.19. The van der Waals surface area contributed by atoms with Gasteiger partial charge in [-0.2, -0.15) is 0 Å². The van der Waals surface area contributed by atoms with E-state index in [-0.39, 0.29) is 12.2 Å². The van der Waals surface area contributed by atoms with Crippen LogP contribution in [0.1, 0.15) is 23.1 Å². The Morgan fingerprint density at radius 3 is 2.86 bits per heavy atom. The molecule has 0 aromatic heterocycles. The molecular formula is C11H12O3. The minimum atomic E-state index is -0.888. The summed E-state index contributed by atoms with van der Waals surface area (Å²) in [6, 6.07) is 3.49. The van der Waals surface area contributed by atoms with Crippen molar-refractivity contribution < 1.29 is 15.0 Å². The van der Waals surface area contributed by atoms with E-state index < -0.39 is 5.97 Å². The van der Waals surface area contributed by atoms with Crippen LogP contribution in [0, 0.1) is 0 Å². The van der Waals surface area contributed by atoms with Crippen LogP contribution in [0.5, 0.6) is 5.75 Å². The first-order valence-electron chi connectivity index (χ1n) is 4.73. The minimum absolute atomic E-state index is 0.0744. The van der Waals surface area contributed by atoms with Crippen molar-refractivity contribution in [3.63, 3.8) is 0 Å². The van der Waals surface area contributed by atoms with Crippen LogP contribution in [0.25, 0.3) is 0 Å². The molecule has 0 bridgehead atoms. The van der Waals surface area contributed by atoms with E-state index in [9.17, 15) is 9.90 Å². The van der Waals surface area contributed by atoms with Crippen molar-refractivity contribution in [1.29, 1.82) is 0 Å². The molecule has 0 radical (unpaired) electrons. The molecule has 0 atom stereocenters. The number of hydrogen-bond donors (Lipinski definition) is 2. The van der Waals surface area contributed by atoms with Gasteiger partial charge in [-0.15, -0.1) is 0 Å². The van der Waals surface area contributed by atoms with Crippen molar-refractivity contribution in [2.45, 2.75) is 25.7 Å². The number of hydrogen-bond acceptors (Lipinski definition) is 2. The zero-order chi connectivity index (χ0) is 10.1. The highest BCUT2D eigenvalue weighted by Crippen LogP contribution is 2.31. The van der Waals surface area contributed by atoms with E-state index in [4.69, 9.17) is 5.11 Å². The number of aryl methyl sites for hydroxylation is 1. The SMILES string of the molecule is O=C(O)Cc1c(O)ccc2c1CCC2. The Labute approximate surface area is 82.0 Å². The molecule has 3 nitrogen and oxygen atoms in total. The first-order chi connectivity index (χ1) is 6.68. The quantitative estimate of drug-likeness (QED) is 0.746. The summed E-state index contributed by atoms with van der Waals surface area (Å²) in [5.74, 6) is -0.770. The molecule has 14 heavy (non-hydrogen) atoms. The minimum Gasteiger partial charge on any atom is -0.508 e. The molecule has 0 spiro atoms. The summed E-state index contributed by atoms with van der Waals surface area (Å²) in [4.78, 5) is 10.6. The molecule has 0 amide bonds. The molecule has 0 fully saturated rings. The molecule has 0 saturated heterocycles. The largest absolute Gasteiger partial charge is 0.508 e. The van der Waals surface area contributed by atoms with Gasteiger partial charge in [0.25, 0.3) is 0 Å². The van der Waals surface area contributed by atoms with Gasteiger partial charge < -0.3 is 10.2 Å². The van der Waals surface area contributed by atoms with Crippen LogP contribution in [0.3, 0.4) is 0 Å². The third kappa shape index (κ3) is 1.45. The van der Waals surface area contributed by atoms with Crippen LogP contribution < -0.4 is 0 Å². The Morgan fingerprint density at radius 2 is 2.14 bits per heavy atom. The number of phenolic OH excluding ortho intramolecular Hbond substituents is 1. The van der Waals surface area contributed by atoms with Crippen molar-refractivity contribution in [3.05, 3.63) is 28.8 Å². The van der Waals surface area contributed by atoms with Crippen LogP contribution in [0.2, 0.25) is 0 Å². The Hall–Kier alpha value is -1.51. The Morgan fingerprint density at radius 1 is 1.36 bits per heavy atom. The van der Waals surface area contributed by atoms with E-state index in [1.54, 1.807) is 6.07 Å². The molecule has 0 saturated carbocycles. The van der Waals surface area contributed by atoms with Crippen LogP contribution in [-0.4, -0.2) is 16.2 Å². The lowest BCUT2D eigenvalue weighted by molar-refractivity contribution is -0.136. The third-order valence-corrected chi connectivity index (χ3v) is 2.70. The molecule has 1 aromatic rings. The molecule has 3 heteroatoms.